The molecule has 0 fully saturated rings. The molecule has 0 aromatic heterocycles. The molecule has 0 unspecified atom stereocenters. The predicted molar refractivity (Wildman–Crippen MR) is 104 cm³/mol. The van der Waals surface area contributed by atoms with E-state index in [0.717, 1.165) is 22.4 Å². The molecule has 0 radical (unpaired) electrons. The Hall–Kier alpha value is -2.66. The second-order valence-corrected chi connectivity index (χ2v) is 7.47. The van der Waals surface area contributed by atoms with Gasteiger partial charge in [0.1, 0.15) is 5.02 Å². The van der Waals surface area contributed by atoms with E-state index in [1.807, 2.05) is 52.0 Å². The zero-order valence-corrected chi connectivity index (χ0v) is 15.8. The van der Waals surface area contributed by atoms with E-state index in [2.05, 4.69) is 0 Å². The zero-order chi connectivity index (χ0) is 19.2. The summed E-state index contributed by atoms with van der Waals surface area (Å²) in [7, 11) is 0. The van der Waals surface area contributed by atoms with Gasteiger partial charge in [0.05, 0.1) is 16.1 Å². The van der Waals surface area contributed by atoms with E-state index in [1.54, 1.807) is 4.90 Å². The molecule has 1 aliphatic rings. The minimum atomic E-state index is -0.582. The molecule has 0 spiro atoms. The van der Waals surface area contributed by atoms with Crippen LogP contribution < -0.4 is 4.90 Å². The first kappa shape index (κ1) is 18.1. The maximum Gasteiger partial charge on any atom is 0.288 e. The number of allylic oxidation sites excluding steroid dienone is 1. The summed E-state index contributed by atoms with van der Waals surface area (Å²) in [5.74, 6) is -0.302. The van der Waals surface area contributed by atoms with Crippen molar-refractivity contribution in [2.75, 3.05) is 4.90 Å². The van der Waals surface area contributed by atoms with Gasteiger partial charge in [-0.05, 0) is 57.5 Å². The van der Waals surface area contributed by atoms with E-state index in [0.29, 0.717) is 0 Å². The zero-order valence-electron chi connectivity index (χ0n) is 15.0. The lowest BCUT2D eigenvalue weighted by atomic mass is 9.87. The molecule has 1 aliphatic heterocycles. The van der Waals surface area contributed by atoms with Crippen molar-refractivity contribution in [2.24, 2.45) is 0 Å². The van der Waals surface area contributed by atoms with Crippen LogP contribution >= 0.6 is 11.6 Å². The molecule has 0 aliphatic carbocycles. The van der Waals surface area contributed by atoms with Crippen LogP contribution in [0.25, 0.3) is 5.57 Å². The number of hydrogen-bond acceptors (Lipinski definition) is 3. The lowest BCUT2D eigenvalue weighted by Gasteiger charge is -2.41. The first-order chi connectivity index (χ1) is 12.1. The maximum absolute atomic E-state index is 13.3. The van der Waals surface area contributed by atoms with Crippen LogP contribution in [0.5, 0.6) is 0 Å². The van der Waals surface area contributed by atoms with E-state index in [-0.39, 0.29) is 22.2 Å². The normalized spacial score (nSPS) is 15.3. The van der Waals surface area contributed by atoms with Gasteiger partial charge in [0.25, 0.3) is 11.6 Å². The summed E-state index contributed by atoms with van der Waals surface area (Å²) in [5, 5.41) is 11.2. The van der Waals surface area contributed by atoms with Crippen LogP contribution in [-0.4, -0.2) is 16.4 Å². The molecule has 3 rings (SSSR count). The summed E-state index contributed by atoms with van der Waals surface area (Å²) in [5.41, 5.74) is 3.37. The third kappa shape index (κ3) is 2.99. The fourth-order valence-electron chi connectivity index (χ4n) is 3.43. The number of anilines is 1. The highest BCUT2D eigenvalue weighted by atomic mass is 35.5. The van der Waals surface area contributed by atoms with Gasteiger partial charge < -0.3 is 0 Å². The van der Waals surface area contributed by atoms with E-state index in [9.17, 15) is 14.9 Å². The van der Waals surface area contributed by atoms with Gasteiger partial charge in [0, 0.05) is 17.2 Å². The first-order valence-electron chi connectivity index (χ1n) is 8.21. The molecule has 0 saturated carbocycles. The third-order valence-electron chi connectivity index (χ3n) is 4.56. The molecule has 1 heterocycles. The van der Waals surface area contributed by atoms with E-state index in [1.165, 1.54) is 18.2 Å². The molecule has 134 valence electrons. The maximum atomic E-state index is 13.3. The molecule has 6 heteroatoms. The molecule has 1 amide bonds. The summed E-state index contributed by atoms with van der Waals surface area (Å²) < 4.78 is 0. The highest BCUT2D eigenvalue weighted by molar-refractivity contribution is 6.32. The average molecular weight is 371 g/mol. The molecule has 0 bridgehead atoms. The van der Waals surface area contributed by atoms with Crippen LogP contribution in [0.4, 0.5) is 11.4 Å². The summed E-state index contributed by atoms with van der Waals surface area (Å²) >= 11 is 5.88. The largest absolute Gasteiger partial charge is 0.299 e. The van der Waals surface area contributed by atoms with E-state index >= 15 is 0 Å². The van der Waals surface area contributed by atoms with Crippen LogP contribution in [0, 0.1) is 17.0 Å². The molecular weight excluding hydrogens is 352 g/mol. The Morgan fingerprint density at radius 3 is 2.50 bits per heavy atom. The van der Waals surface area contributed by atoms with Crippen molar-refractivity contribution in [1.29, 1.82) is 0 Å². The van der Waals surface area contributed by atoms with Crippen molar-refractivity contribution in [2.45, 2.75) is 33.2 Å². The number of halogens is 1. The standard InChI is InChI=1S/C20H19ClN2O3/c1-12-5-8-17-15(9-12)13(2)11-20(3,4)22(17)19(24)14-6-7-16(21)18(10-14)23(25)26/h5-11H,1-4H3. The second-order valence-electron chi connectivity index (χ2n) is 7.07. The smallest absolute Gasteiger partial charge is 0.288 e. The average Bonchev–Trinajstić information content (AvgIpc) is 2.54. The van der Waals surface area contributed by atoms with Gasteiger partial charge in [-0.25, -0.2) is 0 Å². The number of carbonyl (C=O) groups excluding carboxylic acids is 1. The van der Waals surface area contributed by atoms with Gasteiger partial charge in [0.2, 0.25) is 0 Å². The number of hydrogen-bond donors (Lipinski definition) is 0. The quantitative estimate of drug-likeness (QED) is 0.525. The Labute approximate surface area is 157 Å². The Bertz CT molecular complexity index is 964. The number of aryl methyl sites for hydroxylation is 1. The van der Waals surface area contributed by atoms with Crippen LogP contribution in [-0.2, 0) is 0 Å². The monoisotopic (exact) mass is 370 g/mol. The van der Waals surface area contributed by atoms with Crippen molar-refractivity contribution in [3.05, 3.63) is 74.3 Å². The topological polar surface area (TPSA) is 63.5 Å². The summed E-state index contributed by atoms with van der Waals surface area (Å²) in [4.78, 5) is 25.6. The molecule has 2 aromatic carbocycles. The van der Waals surface area contributed by atoms with Crippen molar-refractivity contribution in [3.63, 3.8) is 0 Å². The summed E-state index contributed by atoms with van der Waals surface area (Å²) in [6.45, 7) is 7.92. The Morgan fingerprint density at radius 2 is 1.85 bits per heavy atom. The van der Waals surface area contributed by atoms with E-state index < -0.39 is 10.5 Å². The van der Waals surface area contributed by atoms with Gasteiger partial charge in [-0.2, -0.15) is 0 Å². The van der Waals surface area contributed by atoms with Gasteiger partial charge in [-0.15, -0.1) is 0 Å². The summed E-state index contributed by atoms with van der Waals surface area (Å²) in [6.07, 6.45) is 2.04. The Morgan fingerprint density at radius 1 is 1.15 bits per heavy atom. The highest BCUT2D eigenvalue weighted by Crippen LogP contribution is 2.40. The molecule has 2 aromatic rings. The minimum absolute atomic E-state index is 0.0104. The van der Waals surface area contributed by atoms with Crippen LogP contribution in [0.1, 0.15) is 42.3 Å². The Balaban J connectivity index is 2.15. The van der Waals surface area contributed by atoms with Crippen molar-refractivity contribution < 1.29 is 9.72 Å². The highest BCUT2D eigenvalue weighted by Gasteiger charge is 2.36. The van der Waals surface area contributed by atoms with Crippen molar-refractivity contribution >= 4 is 34.5 Å². The van der Waals surface area contributed by atoms with Gasteiger partial charge in [-0.1, -0.05) is 29.3 Å². The SMILES string of the molecule is CC1=CC(C)(C)N(C(=O)c2ccc(Cl)c([N+](=O)[O-])c2)c2ccc(C)cc21. The first-order valence-corrected chi connectivity index (χ1v) is 8.58. The number of nitrogens with zero attached hydrogens (tertiary/aromatic N) is 2. The van der Waals surface area contributed by atoms with Crippen molar-refractivity contribution in [1.82, 2.24) is 0 Å². The van der Waals surface area contributed by atoms with Gasteiger partial charge in [-0.3, -0.25) is 19.8 Å². The molecule has 0 saturated heterocycles. The molecule has 0 atom stereocenters. The minimum Gasteiger partial charge on any atom is -0.299 e. The fourth-order valence-corrected chi connectivity index (χ4v) is 3.62. The molecule has 26 heavy (non-hydrogen) atoms. The molecule has 0 N–H and O–H groups in total. The predicted octanol–water partition coefficient (Wildman–Crippen LogP) is 5.40. The number of benzene rings is 2. The number of rotatable bonds is 2. The van der Waals surface area contributed by atoms with E-state index in [4.69, 9.17) is 11.6 Å². The van der Waals surface area contributed by atoms with Gasteiger partial charge >= 0.3 is 0 Å². The summed E-state index contributed by atoms with van der Waals surface area (Å²) in [6, 6.07) is 10.1. The van der Waals surface area contributed by atoms with Crippen LogP contribution in [0.3, 0.4) is 0 Å². The van der Waals surface area contributed by atoms with Crippen LogP contribution in [0.2, 0.25) is 5.02 Å². The fraction of sp³-hybridized carbons (Fsp3) is 0.250. The number of fused-ring (bicyclic) bond motifs is 1. The van der Waals surface area contributed by atoms with Gasteiger partial charge in [0.15, 0.2) is 0 Å². The molecular formula is C20H19ClN2O3. The van der Waals surface area contributed by atoms with Crippen LogP contribution in [0.15, 0.2) is 42.5 Å². The number of amides is 1. The number of nitro groups is 1. The second kappa shape index (κ2) is 6.25. The lowest BCUT2D eigenvalue weighted by molar-refractivity contribution is -0.384. The lowest BCUT2D eigenvalue weighted by Crippen LogP contribution is -2.49. The molecule has 5 nitrogen and oxygen atoms in total. The number of carbonyl (C=O) groups is 1. The third-order valence-corrected chi connectivity index (χ3v) is 4.88. The van der Waals surface area contributed by atoms with Crippen molar-refractivity contribution in [3.8, 4) is 0 Å². The Kier molecular flexibility index (Phi) is 4.36. The number of nitro benzene ring substituents is 1.